The summed E-state index contributed by atoms with van der Waals surface area (Å²) in [5, 5.41) is 0. The van der Waals surface area contributed by atoms with Crippen LogP contribution < -0.4 is 0 Å². The number of nitrogens with zero attached hydrogens (tertiary/aromatic N) is 5. The lowest BCUT2D eigenvalue weighted by atomic mass is 9.90. The fraction of sp³-hybridized carbons (Fsp3) is 0.0816. The molecule has 54 heavy (non-hydrogen) atoms. The molecule has 0 saturated carbocycles. The first-order chi connectivity index (χ1) is 26.7. The zero-order chi connectivity index (χ0) is 36.1. The minimum Gasteiger partial charge on any atom is -0.265 e. The average Bonchev–Trinajstić information content (AvgIpc) is 3.27. The van der Waals surface area contributed by atoms with Crippen molar-refractivity contribution in [2.75, 3.05) is 0 Å². The quantitative estimate of drug-likeness (QED) is 0.158. The fourth-order valence-corrected chi connectivity index (χ4v) is 7.13. The number of hydrogen-bond acceptors (Lipinski definition) is 5. The third kappa shape index (κ3) is 7.12. The van der Waals surface area contributed by atoms with Crippen LogP contribution in [0.2, 0.25) is 0 Å². The van der Waals surface area contributed by atoms with Crippen molar-refractivity contribution in [2.24, 2.45) is 0 Å². The van der Waals surface area contributed by atoms with E-state index in [-0.39, 0.29) is 0 Å². The maximum Gasteiger partial charge on any atom is 0.164 e. The number of hydrogen-bond donors (Lipinski definition) is 0. The van der Waals surface area contributed by atoms with Gasteiger partial charge in [0, 0.05) is 41.5 Å². The summed E-state index contributed by atoms with van der Waals surface area (Å²) in [7, 11) is 0. The van der Waals surface area contributed by atoms with E-state index in [1.165, 1.54) is 44.5 Å². The van der Waals surface area contributed by atoms with Gasteiger partial charge in [-0.05, 0) is 130 Å². The van der Waals surface area contributed by atoms with E-state index in [1.54, 1.807) is 24.8 Å². The Morgan fingerprint density at radius 2 is 0.889 bits per heavy atom. The molecule has 0 saturated heterocycles. The van der Waals surface area contributed by atoms with Crippen LogP contribution in [0.1, 0.15) is 36.8 Å². The second-order valence-electron chi connectivity index (χ2n) is 13.6. The molecular formula is C49H37N5. The predicted molar refractivity (Wildman–Crippen MR) is 221 cm³/mol. The highest BCUT2D eigenvalue weighted by molar-refractivity contribution is 5.84. The Hall–Kier alpha value is -6.85. The molecule has 3 aromatic heterocycles. The van der Waals surface area contributed by atoms with E-state index in [4.69, 9.17) is 15.0 Å². The first-order valence-electron chi connectivity index (χ1n) is 18.5. The minimum absolute atomic E-state index is 0.597. The molecule has 0 atom stereocenters. The van der Waals surface area contributed by atoms with Crippen LogP contribution in [0.25, 0.3) is 78.7 Å². The molecule has 5 heteroatoms. The van der Waals surface area contributed by atoms with Crippen LogP contribution in [-0.2, 0) is 0 Å². The van der Waals surface area contributed by atoms with Gasteiger partial charge in [-0.3, -0.25) is 9.97 Å². The van der Waals surface area contributed by atoms with Crippen molar-refractivity contribution in [1.29, 1.82) is 0 Å². The van der Waals surface area contributed by atoms with Gasteiger partial charge in [0.25, 0.3) is 0 Å². The van der Waals surface area contributed by atoms with Crippen molar-refractivity contribution < 1.29 is 0 Å². The lowest BCUT2D eigenvalue weighted by Gasteiger charge is -2.14. The van der Waals surface area contributed by atoms with Gasteiger partial charge in [-0.2, -0.15) is 0 Å². The molecule has 258 valence electrons. The van der Waals surface area contributed by atoms with Crippen LogP contribution in [0.4, 0.5) is 0 Å². The Morgan fingerprint density at radius 3 is 1.43 bits per heavy atom. The highest BCUT2D eigenvalue weighted by Crippen LogP contribution is 2.36. The van der Waals surface area contributed by atoms with Crippen molar-refractivity contribution in [2.45, 2.75) is 25.7 Å². The molecule has 5 nitrogen and oxygen atoms in total. The van der Waals surface area contributed by atoms with Crippen LogP contribution in [-0.4, -0.2) is 24.9 Å². The van der Waals surface area contributed by atoms with Crippen molar-refractivity contribution in [3.05, 3.63) is 188 Å². The lowest BCUT2D eigenvalue weighted by Crippen LogP contribution is -2.00. The Kier molecular flexibility index (Phi) is 9.18. The summed E-state index contributed by atoms with van der Waals surface area (Å²) in [4.78, 5) is 23.0. The number of pyridine rings is 2. The van der Waals surface area contributed by atoms with Crippen LogP contribution in [0.5, 0.6) is 0 Å². The van der Waals surface area contributed by atoms with Gasteiger partial charge in [-0.15, -0.1) is 0 Å². The Labute approximate surface area is 315 Å². The molecule has 7 aromatic rings. The van der Waals surface area contributed by atoms with Crippen LogP contribution in [0.15, 0.2) is 177 Å². The van der Waals surface area contributed by atoms with E-state index >= 15 is 0 Å². The summed E-state index contributed by atoms with van der Waals surface area (Å²) in [6.45, 7) is 0. The molecule has 0 fully saturated rings. The zero-order valence-corrected chi connectivity index (χ0v) is 29.8. The molecule has 0 unspecified atom stereocenters. The SMILES string of the molecule is C1=CCCC(c2ccc(-c3cc(-c4ccc(-c5nc(-c6ccncc6)nc(-c6ccncc6)n5)cc4)cc(-c4cccc(C5=CCCC=C5)c4)c3)cc2)=C1. The molecule has 4 aromatic carbocycles. The van der Waals surface area contributed by atoms with Gasteiger partial charge in [0.15, 0.2) is 17.5 Å². The summed E-state index contributed by atoms with van der Waals surface area (Å²) < 4.78 is 0. The smallest absolute Gasteiger partial charge is 0.164 e. The topological polar surface area (TPSA) is 64.5 Å². The summed E-state index contributed by atoms with van der Waals surface area (Å²) >= 11 is 0. The maximum atomic E-state index is 4.91. The monoisotopic (exact) mass is 695 g/mol. The molecule has 0 amide bonds. The van der Waals surface area contributed by atoms with E-state index in [2.05, 4.69) is 137 Å². The largest absolute Gasteiger partial charge is 0.265 e. The standard InChI is InChI=1S/C49H37N5/c1-3-8-34(9-4-1)36-14-16-37(17-15-36)44-31-45(33-46(32-44)43-13-7-12-42(30-43)35-10-5-2-6-11-35)38-18-20-39(21-19-38)47-52-48(40-22-26-50-27-23-40)54-49(53-47)41-24-28-51-29-25-41/h1,3,5,7-8,10-33H,2,4,6,9H2. The van der Waals surface area contributed by atoms with Crippen LogP contribution in [0, 0.1) is 0 Å². The first kappa shape index (κ1) is 33.0. The third-order valence-electron chi connectivity index (χ3n) is 10.0. The second kappa shape index (κ2) is 15.0. The molecule has 2 aliphatic carbocycles. The predicted octanol–water partition coefficient (Wildman–Crippen LogP) is 12.1. The Bertz CT molecular complexity index is 2510. The minimum atomic E-state index is 0.597. The van der Waals surface area contributed by atoms with Crippen molar-refractivity contribution in [3.8, 4) is 67.5 Å². The molecule has 0 N–H and O–H groups in total. The summed E-state index contributed by atoms with van der Waals surface area (Å²) in [5.74, 6) is 1.80. The van der Waals surface area contributed by atoms with E-state index in [1.807, 2.05) is 24.3 Å². The van der Waals surface area contributed by atoms with Gasteiger partial charge in [0.05, 0.1) is 0 Å². The normalized spacial score (nSPS) is 13.7. The Morgan fingerprint density at radius 1 is 0.389 bits per heavy atom. The van der Waals surface area contributed by atoms with E-state index in [9.17, 15) is 0 Å². The molecule has 9 rings (SSSR count). The Balaban J connectivity index is 1.11. The highest BCUT2D eigenvalue weighted by Gasteiger charge is 2.14. The lowest BCUT2D eigenvalue weighted by molar-refractivity contribution is 1.04. The maximum absolute atomic E-state index is 4.91. The number of rotatable bonds is 8. The van der Waals surface area contributed by atoms with Crippen LogP contribution >= 0.6 is 0 Å². The van der Waals surface area contributed by atoms with Crippen LogP contribution in [0.3, 0.4) is 0 Å². The first-order valence-corrected chi connectivity index (χ1v) is 18.5. The molecule has 0 spiro atoms. The third-order valence-corrected chi connectivity index (χ3v) is 10.0. The summed E-state index contributed by atoms with van der Waals surface area (Å²) in [6, 6.07) is 41.1. The van der Waals surface area contributed by atoms with Crippen molar-refractivity contribution in [3.63, 3.8) is 0 Å². The number of aromatic nitrogens is 5. The molecule has 0 aliphatic heterocycles. The van der Waals surface area contributed by atoms with Crippen molar-refractivity contribution >= 4 is 11.1 Å². The van der Waals surface area contributed by atoms with Gasteiger partial charge in [-0.25, -0.2) is 15.0 Å². The van der Waals surface area contributed by atoms with Gasteiger partial charge >= 0.3 is 0 Å². The fourth-order valence-electron chi connectivity index (χ4n) is 7.13. The highest BCUT2D eigenvalue weighted by atomic mass is 15.0. The molecule has 0 bridgehead atoms. The van der Waals surface area contributed by atoms with Crippen molar-refractivity contribution in [1.82, 2.24) is 24.9 Å². The van der Waals surface area contributed by atoms with Gasteiger partial charge < -0.3 is 0 Å². The zero-order valence-electron chi connectivity index (χ0n) is 29.8. The molecular weight excluding hydrogens is 659 g/mol. The average molecular weight is 696 g/mol. The number of allylic oxidation sites excluding steroid dienone is 8. The molecule has 0 radical (unpaired) electrons. The second-order valence-corrected chi connectivity index (χ2v) is 13.6. The van der Waals surface area contributed by atoms with E-state index in [0.29, 0.717) is 17.5 Å². The van der Waals surface area contributed by atoms with Gasteiger partial charge in [0.2, 0.25) is 0 Å². The molecule has 3 heterocycles. The van der Waals surface area contributed by atoms with Gasteiger partial charge in [0.1, 0.15) is 0 Å². The van der Waals surface area contributed by atoms with E-state index < -0.39 is 0 Å². The summed E-state index contributed by atoms with van der Waals surface area (Å²) in [6.07, 6.45) is 24.9. The van der Waals surface area contributed by atoms with E-state index in [0.717, 1.165) is 53.5 Å². The molecule has 2 aliphatic rings. The summed E-state index contributed by atoms with van der Waals surface area (Å²) in [5.41, 5.74) is 14.9. The number of benzene rings is 4. The van der Waals surface area contributed by atoms with Gasteiger partial charge in [-0.1, -0.05) is 103 Å².